The Hall–Kier alpha value is -5.44. The van der Waals surface area contributed by atoms with Crippen LogP contribution in [0, 0.1) is 22.6 Å². The zero-order chi connectivity index (χ0) is 30.8. The van der Waals surface area contributed by atoms with Gasteiger partial charge in [0.1, 0.15) is 29.5 Å². The van der Waals surface area contributed by atoms with Crippen molar-refractivity contribution in [2.45, 2.75) is 32.4 Å². The fraction of sp³-hybridized carbons (Fsp3) is 0.250. The number of hydrogen-bond donors (Lipinski definition) is 1. The van der Waals surface area contributed by atoms with Gasteiger partial charge >= 0.3 is 12.0 Å². The Morgan fingerprint density at radius 1 is 1.11 bits per heavy atom. The Bertz CT molecular complexity index is 1930. The van der Waals surface area contributed by atoms with Crippen molar-refractivity contribution in [3.05, 3.63) is 94.8 Å². The van der Waals surface area contributed by atoms with Crippen LogP contribution in [0.4, 0.5) is 8.78 Å². The lowest BCUT2D eigenvalue weighted by molar-refractivity contribution is 0.0690. The molecule has 5 aromatic rings. The Kier molecular flexibility index (Phi) is 7.61. The first kappa shape index (κ1) is 28.7. The number of imidazole rings is 1. The minimum absolute atomic E-state index is 0.0428. The molecular formula is C32H26F2N6O4. The van der Waals surface area contributed by atoms with E-state index in [2.05, 4.69) is 26.0 Å². The van der Waals surface area contributed by atoms with Crippen LogP contribution < -0.4 is 9.47 Å². The molecule has 2 aromatic carbocycles. The highest BCUT2D eigenvalue weighted by Crippen LogP contribution is 2.48. The van der Waals surface area contributed by atoms with Crippen molar-refractivity contribution in [3.63, 3.8) is 0 Å². The number of nitrogens with zero attached hydrogens (tertiary/aromatic N) is 6. The smallest absolute Gasteiger partial charge is 0.354 e. The SMILES string of the molecule is COc1cc(C#N)ccc1COc1nccc(-c2ccc(Cc3nc4ccc(C(=O)O)nc4n3CC3(CF)CC3)cc2F)n1. The lowest BCUT2D eigenvalue weighted by Crippen LogP contribution is -2.17. The number of rotatable bonds is 11. The summed E-state index contributed by atoms with van der Waals surface area (Å²) in [5, 5.41) is 18.5. The van der Waals surface area contributed by atoms with Gasteiger partial charge in [-0.15, -0.1) is 0 Å². The topological polar surface area (TPSA) is 136 Å². The van der Waals surface area contributed by atoms with Crippen molar-refractivity contribution in [2.75, 3.05) is 13.8 Å². The van der Waals surface area contributed by atoms with Crippen molar-refractivity contribution < 1.29 is 28.2 Å². The molecule has 0 spiro atoms. The van der Waals surface area contributed by atoms with Gasteiger partial charge in [0, 0.05) is 35.7 Å². The van der Waals surface area contributed by atoms with Gasteiger partial charge in [-0.25, -0.2) is 24.1 Å². The van der Waals surface area contributed by atoms with Crippen LogP contribution in [0.2, 0.25) is 0 Å². The number of halogens is 2. The quantitative estimate of drug-likeness (QED) is 0.209. The first-order chi connectivity index (χ1) is 21.3. The number of aromatic carboxylic acids is 1. The maximum Gasteiger partial charge on any atom is 0.354 e. The minimum atomic E-state index is -1.17. The third kappa shape index (κ3) is 5.76. The molecule has 0 bridgehead atoms. The summed E-state index contributed by atoms with van der Waals surface area (Å²) in [4.78, 5) is 29.0. The van der Waals surface area contributed by atoms with Gasteiger partial charge in [0.2, 0.25) is 0 Å². The number of carboxylic acids is 1. The molecule has 3 heterocycles. The average Bonchev–Trinajstić information content (AvgIpc) is 3.75. The number of methoxy groups -OCH3 is 1. The fourth-order valence-corrected chi connectivity index (χ4v) is 5.01. The summed E-state index contributed by atoms with van der Waals surface area (Å²) in [6, 6.07) is 16.4. The van der Waals surface area contributed by atoms with E-state index in [-0.39, 0.29) is 30.3 Å². The monoisotopic (exact) mass is 596 g/mol. The molecule has 1 fully saturated rings. The van der Waals surface area contributed by atoms with Crippen LogP contribution in [0.5, 0.6) is 11.8 Å². The average molecular weight is 597 g/mol. The first-order valence-electron chi connectivity index (χ1n) is 13.8. The summed E-state index contributed by atoms with van der Waals surface area (Å²) in [5.74, 6) is -0.654. The van der Waals surface area contributed by atoms with E-state index in [0.717, 1.165) is 12.8 Å². The number of carbonyl (C=O) groups is 1. The number of benzene rings is 2. The van der Waals surface area contributed by atoms with Crippen molar-refractivity contribution >= 4 is 17.1 Å². The number of aromatic nitrogens is 5. The third-order valence-corrected chi connectivity index (χ3v) is 7.70. The van der Waals surface area contributed by atoms with Crippen LogP contribution in [0.1, 0.15) is 45.8 Å². The molecule has 0 aliphatic heterocycles. The van der Waals surface area contributed by atoms with Gasteiger partial charge in [0.15, 0.2) is 11.3 Å². The maximum absolute atomic E-state index is 15.5. The van der Waals surface area contributed by atoms with Crippen molar-refractivity contribution in [3.8, 4) is 29.1 Å². The van der Waals surface area contributed by atoms with E-state index >= 15 is 4.39 Å². The molecular weight excluding hydrogens is 570 g/mol. The molecule has 0 unspecified atom stereocenters. The van der Waals surface area contributed by atoms with Crippen LogP contribution in [0.25, 0.3) is 22.4 Å². The molecule has 6 rings (SSSR count). The van der Waals surface area contributed by atoms with Gasteiger partial charge in [-0.3, -0.25) is 4.39 Å². The van der Waals surface area contributed by atoms with Crippen molar-refractivity contribution in [1.82, 2.24) is 24.5 Å². The number of hydrogen-bond acceptors (Lipinski definition) is 8. The predicted octanol–water partition coefficient (Wildman–Crippen LogP) is 5.53. The highest BCUT2D eigenvalue weighted by molar-refractivity contribution is 5.88. The molecule has 1 N–H and O–H groups in total. The molecule has 12 heteroatoms. The molecule has 3 aromatic heterocycles. The zero-order valence-electron chi connectivity index (χ0n) is 23.6. The minimum Gasteiger partial charge on any atom is -0.496 e. The highest BCUT2D eigenvalue weighted by atomic mass is 19.1. The van der Waals surface area contributed by atoms with Crippen LogP contribution in [0.3, 0.4) is 0 Å². The number of pyridine rings is 1. The summed E-state index contributed by atoms with van der Waals surface area (Å²) in [7, 11) is 1.50. The van der Waals surface area contributed by atoms with E-state index in [1.165, 1.54) is 25.4 Å². The van der Waals surface area contributed by atoms with Gasteiger partial charge < -0.3 is 19.1 Å². The van der Waals surface area contributed by atoms with E-state index in [4.69, 9.17) is 14.7 Å². The summed E-state index contributed by atoms with van der Waals surface area (Å²) in [6.45, 7) is -0.114. The molecule has 1 aliphatic carbocycles. The Labute approximate surface area is 250 Å². The second kappa shape index (κ2) is 11.7. The summed E-state index contributed by atoms with van der Waals surface area (Å²) < 4.78 is 42.2. The largest absolute Gasteiger partial charge is 0.496 e. The van der Waals surface area contributed by atoms with Gasteiger partial charge in [0.05, 0.1) is 31.1 Å². The normalized spacial score (nSPS) is 13.4. The molecule has 0 amide bonds. The van der Waals surface area contributed by atoms with E-state index in [0.29, 0.717) is 51.7 Å². The van der Waals surface area contributed by atoms with Gasteiger partial charge in [-0.1, -0.05) is 12.1 Å². The second-order valence-corrected chi connectivity index (χ2v) is 10.7. The van der Waals surface area contributed by atoms with E-state index in [1.54, 1.807) is 47.0 Å². The predicted molar refractivity (Wildman–Crippen MR) is 154 cm³/mol. The lowest BCUT2D eigenvalue weighted by atomic mass is 10.1. The number of carboxylic acid groups (broad SMARTS) is 1. The Balaban J connectivity index is 1.24. The first-order valence-corrected chi connectivity index (χ1v) is 13.8. The standard InChI is InChI=1S/C32H26F2N6O4/c1-43-27-13-20(15-35)2-4-21(27)16-44-31-36-11-8-24(39-31)22-5-3-19(12-23(22)34)14-28-37-25-6-7-26(30(41)42)38-29(25)40(28)18-32(17-33)9-10-32/h2-8,11-13H,9-10,14,16-18H2,1H3,(H,41,42). The Morgan fingerprint density at radius 3 is 2.66 bits per heavy atom. The van der Waals surface area contributed by atoms with Gasteiger partial charge in [0.25, 0.3) is 0 Å². The van der Waals surface area contributed by atoms with Gasteiger partial charge in [-0.05, 0) is 60.9 Å². The Morgan fingerprint density at radius 2 is 1.95 bits per heavy atom. The summed E-state index contributed by atoms with van der Waals surface area (Å²) >= 11 is 0. The molecule has 1 saturated carbocycles. The van der Waals surface area contributed by atoms with Crippen LogP contribution in [-0.2, 0) is 19.6 Å². The molecule has 0 atom stereocenters. The van der Waals surface area contributed by atoms with Crippen LogP contribution in [-0.4, -0.2) is 49.4 Å². The van der Waals surface area contributed by atoms with Gasteiger partial charge in [-0.2, -0.15) is 10.2 Å². The number of fused-ring (bicyclic) bond motifs is 1. The highest BCUT2D eigenvalue weighted by Gasteiger charge is 2.44. The molecule has 0 saturated heterocycles. The fourth-order valence-electron chi connectivity index (χ4n) is 5.01. The molecule has 1 aliphatic rings. The van der Waals surface area contributed by atoms with Crippen molar-refractivity contribution in [1.29, 1.82) is 5.26 Å². The van der Waals surface area contributed by atoms with E-state index in [9.17, 15) is 14.3 Å². The van der Waals surface area contributed by atoms with E-state index in [1.807, 2.05) is 0 Å². The molecule has 222 valence electrons. The lowest BCUT2D eigenvalue weighted by Gasteiger charge is -2.15. The zero-order valence-corrected chi connectivity index (χ0v) is 23.6. The summed E-state index contributed by atoms with van der Waals surface area (Å²) in [5.41, 5.74) is 2.53. The molecule has 10 nitrogen and oxygen atoms in total. The summed E-state index contributed by atoms with van der Waals surface area (Å²) in [6.07, 6.45) is 3.13. The van der Waals surface area contributed by atoms with Crippen molar-refractivity contribution in [2.24, 2.45) is 5.41 Å². The van der Waals surface area contributed by atoms with Crippen LogP contribution >= 0.6 is 0 Å². The maximum atomic E-state index is 15.5. The molecule has 44 heavy (non-hydrogen) atoms. The third-order valence-electron chi connectivity index (χ3n) is 7.70. The number of alkyl halides is 1. The number of ether oxygens (including phenoxy) is 2. The second-order valence-electron chi connectivity index (χ2n) is 10.7. The van der Waals surface area contributed by atoms with E-state index < -0.39 is 23.9 Å². The number of nitriles is 1. The van der Waals surface area contributed by atoms with Crippen LogP contribution in [0.15, 0.2) is 60.8 Å². The molecule has 0 radical (unpaired) electrons.